The largest absolute Gasteiger partial charge is 0.496 e. The first-order valence-corrected chi connectivity index (χ1v) is 9.16. The lowest BCUT2D eigenvalue weighted by Crippen LogP contribution is -2.42. The summed E-state index contributed by atoms with van der Waals surface area (Å²) in [7, 11) is 5.36. The van der Waals surface area contributed by atoms with E-state index in [1.807, 2.05) is 43.1 Å². The van der Waals surface area contributed by atoms with Crippen LogP contribution in [0.1, 0.15) is 20.9 Å². The standard InChI is InChI=1S/C18H25N5O2S.HI/c1-13-16(26-12-22-13)17(24)20-9-10-21-18(19-2)23(3)11-14-7-5-6-8-15(14)25-4;/h5-8,12H,9-11H2,1-4H3,(H,19,21)(H,20,24);1H. The lowest BCUT2D eigenvalue weighted by atomic mass is 10.2. The van der Waals surface area contributed by atoms with Crippen molar-refractivity contribution in [2.75, 3.05) is 34.3 Å². The minimum absolute atomic E-state index is 0. The van der Waals surface area contributed by atoms with E-state index in [1.54, 1.807) is 19.7 Å². The number of hydrogen-bond acceptors (Lipinski definition) is 5. The Labute approximate surface area is 181 Å². The van der Waals surface area contributed by atoms with Crippen molar-refractivity contribution in [3.8, 4) is 5.75 Å². The summed E-state index contributed by atoms with van der Waals surface area (Å²) in [5, 5.41) is 6.14. The number of rotatable bonds is 7. The van der Waals surface area contributed by atoms with E-state index in [0.717, 1.165) is 23.0 Å². The first-order valence-electron chi connectivity index (χ1n) is 8.28. The number of aliphatic imine (C=N–C) groups is 1. The number of methoxy groups -OCH3 is 1. The molecule has 0 bridgehead atoms. The number of thiazole rings is 1. The minimum Gasteiger partial charge on any atom is -0.496 e. The molecule has 2 N–H and O–H groups in total. The Bertz CT molecular complexity index is 766. The second-order valence-electron chi connectivity index (χ2n) is 5.66. The fraction of sp³-hybridized carbons (Fsp3) is 0.389. The number of guanidine groups is 1. The van der Waals surface area contributed by atoms with E-state index < -0.39 is 0 Å². The van der Waals surface area contributed by atoms with E-state index in [-0.39, 0.29) is 29.9 Å². The maximum absolute atomic E-state index is 12.1. The predicted octanol–water partition coefficient (Wildman–Crippen LogP) is 2.52. The van der Waals surface area contributed by atoms with E-state index in [1.165, 1.54) is 11.3 Å². The maximum Gasteiger partial charge on any atom is 0.263 e. The average Bonchev–Trinajstić information content (AvgIpc) is 3.08. The SMILES string of the molecule is CN=C(NCCNC(=O)c1scnc1C)N(C)Cc1ccccc1OC.I. The highest BCUT2D eigenvalue weighted by Gasteiger charge is 2.12. The molecule has 7 nitrogen and oxygen atoms in total. The number of halogens is 1. The van der Waals surface area contributed by atoms with Gasteiger partial charge in [-0.3, -0.25) is 9.79 Å². The van der Waals surface area contributed by atoms with Gasteiger partial charge in [-0.2, -0.15) is 0 Å². The summed E-state index contributed by atoms with van der Waals surface area (Å²) in [6, 6.07) is 7.90. The molecule has 0 spiro atoms. The van der Waals surface area contributed by atoms with E-state index in [2.05, 4.69) is 20.6 Å². The molecular weight excluding hydrogens is 477 g/mol. The molecule has 1 heterocycles. The summed E-state index contributed by atoms with van der Waals surface area (Å²) in [6.45, 7) is 3.57. The van der Waals surface area contributed by atoms with E-state index in [4.69, 9.17) is 4.74 Å². The molecule has 1 aromatic carbocycles. The number of aryl methyl sites for hydroxylation is 1. The van der Waals surface area contributed by atoms with Crippen LogP contribution in [-0.4, -0.2) is 56.0 Å². The van der Waals surface area contributed by atoms with Crippen molar-refractivity contribution >= 4 is 47.2 Å². The number of nitrogens with zero attached hydrogens (tertiary/aromatic N) is 3. The number of nitrogens with one attached hydrogen (secondary N) is 2. The molecule has 1 amide bonds. The Morgan fingerprint density at radius 1 is 1.30 bits per heavy atom. The van der Waals surface area contributed by atoms with Gasteiger partial charge in [0.05, 0.1) is 18.3 Å². The fourth-order valence-corrected chi connectivity index (χ4v) is 3.22. The molecule has 1 aromatic heterocycles. The van der Waals surface area contributed by atoms with Crippen LogP contribution in [0.25, 0.3) is 0 Å². The van der Waals surface area contributed by atoms with Crippen LogP contribution in [0.3, 0.4) is 0 Å². The zero-order valence-corrected chi connectivity index (χ0v) is 19.1. The first kappa shape index (κ1) is 23.2. The third kappa shape index (κ3) is 6.65. The first-order chi connectivity index (χ1) is 12.6. The zero-order valence-electron chi connectivity index (χ0n) is 16.0. The second kappa shape index (κ2) is 11.8. The molecule has 148 valence electrons. The Hall–Kier alpha value is -1.88. The number of carbonyl (C=O) groups is 1. The number of hydrogen-bond donors (Lipinski definition) is 2. The van der Waals surface area contributed by atoms with Crippen molar-refractivity contribution < 1.29 is 9.53 Å². The summed E-state index contributed by atoms with van der Waals surface area (Å²) in [6.07, 6.45) is 0. The normalized spacial score (nSPS) is 10.7. The number of aromatic nitrogens is 1. The van der Waals surface area contributed by atoms with Crippen LogP contribution in [0.5, 0.6) is 5.75 Å². The molecule has 2 aromatic rings. The van der Waals surface area contributed by atoms with Crippen LogP contribution >= 0.6 is 35.3 Å². The lowest BCUT2D eigenvalue weighted by Gasteiger charge is -2.23. The molecule has 0 unspecified atom stereocenters. The van der Waals surface area contributed by atoms with Crippen molar-refractivity contribution in [2.45, 2.75) is 13.5 Å². The maximum atomic E-state index is 12.1. The van der Waals surface area contributed by atoms with Crippen molar-refractivity contribution in [1.29, 1.82) is 0 Å². The molecule has 0 radical (unpaired) electrons. The monoisotopic (exact) mass is 503 g/mol. The highest BCUT2D eigenvalue weighted by atomic mass is 127. The number of para-hydroxylation sites is 1. The van der Waals surface area contributed by atoms with Gasteiger partial charge in [-0.05, 0) is 13.0 Å². The topological polar surface area (TPSA) is 78.8 Å². The van der Waals surface area contributed by atoms with Crippen molar-refractivity contribution in [3.63, 3.8) is 0 Å². The molecule has 0 atom stereocenters. The highest BCUT2D eigenvalue weighted by Crippen LogP contribution is 2.18. The third-order valence-electron chi connectivity index (χ3n) is 3.82. The zero-order chi connectivity index (χ0) is 18.9. The van der Waals surface area contributed by atoms with Crippen LogP contribution in [0.4, 0.5) is 0 Å². The Kier molecular flexibility index (Phi) is 10.1. The van der Waals surface area contributed by atoms with Gasteiger partial charge < -0.3 is 20.3 Å². The Morgan fingerprint density at radius 3 is 2.63 bits per heavy atom. The number of carbonyl (C=O) groups excluding carboxylic acids is 1. The van der Waals surface area contributed by atoms with Gasteiger partial charge in [-0.25, -0.2) is 4.98 Å². The van der Waals surface area contributed by atoms with Crippen molar-refractivity contribution in [1.82, 2.24) is 20.5 Å². The highest BCUT2D eigenvalue weighted by molar-refractivity contribution is 14.0. The van der Waals surface area contributed by atoms with Crippen molar-refractivity contribution in [2.24, 2.45) is 4.99 Å². The Morgan fingerprint density at radius 2 is 2.00 bits per heavy atom. The molecule has 0 aliphatic carbocycles. The van der Waals surface area contributed by atoms with Crippen LogP contribution < -0.4 is 15.4 Å². The van der Waals surface area contributed by atoms with Crippen molar-refractivity contribution in [3.05, 3.63) is 45.9 Å². The minimum atomic E-state index is -0.0934. The van der Waals surface area contributed by atoms with E-state index >= 15 is 0 Å². The van der Waals surface area contributed by atoms with Crippen LogP contribution in [-0.2, 0) is 6.54 Å². The summed E-state index contributed by atoms with van der Waals surface area (Å²) < 4.78 is 5.39. The molecule has 0 aliphatic heterocycles. The summed E-state index contributed by atoms with van der Waals surface area (Å²) >= 11 is 1.35. The predicted molar refractivity (Wildman–Crippen MR) is 120 cm³/mol. The molecule has 27 heavy (non-hydrogen) atoms. The van der Waals surface area contributed by atoms with Crippen LogP contribution in [0.2, 0.25) is 0 Å². The smallest absolute Gasteiger partial charge is 0.263 e. The lowest BCUT2D eigenvalue weighted by molar-refractivity contribution is 0.0957. The number of benzene rings is 1. The molecule has 0 saturated heterocycles. The molecule has 0 saturated carbocycles. The fourth-order valence-electron chi connectivity index (χ4n) is 2.50. The molecule has 2 rings (SSSR count). The van der Waals surface area contributed by atoms with Gasteiger partial charge in [0.2, 0.25) is 0 Å². The third-order valence-corrected chi connectivity index (χ3v) is 4.75. The second-order valence-corrected chi connectivity index (χ2v) is 6.52. The molecule has 0 fully saturated rings. The quantitative estimate of drug-likeness (QED) is 0.263. The van der Waals surface area contributed by atoms with E-state index in [0.29, 0.717) is 24.5 Å². The summed E-state index contributed by atoms with van der Waals surface area (Å²) in [5.41, 5.74) is 3.51. The van der Waals surface area contributed by atoms with Gasteiger partial charge in [0.15, 0.2) is 5.96 Å². The van der Waals surface area contributed by atoms with Gasteiger partial charge in [-0.15, -0.1) is 35.3 Å². The number of ether oxygens (including phenoxy) is 1. The van der Waals surface area contributed by atoms with Crippen LogP contribution in [0.15, 0.2) is 34.8 Å². The van der Waals surface area contributed by atoms with E-state index in [9.17, 15) is 4.79 Å². The van der Waals surface area contributed by atoms with Gasteiger partial charge in [0.25, 0.3) is 5.91 Å². The Balaban J connectivity index is 0.00000364. The molecule has 9 heteroatoms. The molecule has 0 aliphatic rings. The number of amides is 1. The van der Waals surface area contributed by atoms with Gasteiger partial charge >= 0.3 is 0 Å². The average molecular weight is 503 g/mol. The van der Waals surface area contributed by atoms with Gasteiger partial charge in [0, 0.05) is 39.3 Å². The van der Waals surface area contributed by atoms with Crippen LogP contribution in [0, 0.1) is 6.92 Å². The summed E-state index contributed by atoms with van der Waals surface area (Å²) in [4.78, 5) is 23.1. The summed E-state index contributed by atoms with van der Waals surface area (Å²) in [5.74, 6) is 1.50. The van der Waals surface area contributed by atoms with Gasteiger partial charge in [0.1, 0.15) is 10.6 Å². The molecular formula is C18H26IN5O2S. The van der Waals surface area contributed by atoms with Gasteiger partial charge in [-0.1, -0.05) is 18.2 Å².